The lowest BCUT2D eigenvalue weighted by Crippen LogP contribution is -2.49. The van der Waals surface area contributed by atoms with Gasteiger partial charge in [-0.05, 0) is 43.0 Å². The topological polar surface area (TPSA) is 77.6 Å². The number of aromatic nitrogens is 1. The molecule has 1 saturated heterocycles. The number of benzene rings is 2. The minimum absolute atomic E-state index is 0.0613. The Bertz CT molecular complexity index is 1150. The molecular formula is C25H28F3N3O3. The Morgan fingerprint density at radius 3 is 2.62 bits per heavy atom. The van der Waals surface area contributed by atoms with Crippen LogP contribution in [0.15, 0.2) is 48.5 Å². The summed E-state index contributed by atoms with van der Waals surface area (Å²) in [6.07, 6.45) is -2.82. The number of likely N-dealkylation sites (tertiary alicyclic amines) is 1. The van der Waals surface area contributed by atoms with Crippen molar-refractivity contribution in [3.05, 3.63) is 65.4 Å². The molecule has 2 aromatic carbocycles. The summed E-state index contributed by atoms with van der Waals surface area (Å²) in [7, 11) is 0. The van der Waals surface area contributed by atoms with Crippen LogP contribution in [0, 0.1) is 6.92 Å². The van der Waals surface area contributed by atoms with Gasteiger partial charge >= 0.3 is 12.1 Å². The highest BCUT2D eigenvalue weighted by Gasteiger charge is 2.44. The van der Waals surface area contributed by atoms with Crippen molar-refractivity contribution < 1.29 is 27.8 Å². The van der Waals surface area contributed by atoms with E-state index in [4.69, 9.17) is 14.6 Å². The van der Waals surface area contributed by atoms with Gasteiger partial charge in [-0.15, -0.1) is 0 Å². The van der Waals surface area contributed by atoms with Crippen molar-refractivity contribution >= 4 is 16.9 Å². The number of nitrogens with zero attached hydrogens (tertiary/aromatic N) is 1. The summed E-state index contributed by atoms with van der Waals surface area (Å²) in [6, 6.07) is 16.8. The van der Waals surface area contributed by atoms with E-state index in [0.717, 1.165) is 51.4 Å². The van der Waals surface area contributed by atoms with E-state index in [1.54, 1.807) is 0 Å². The van der Waals surface area contributed by atoms with Crippen molar-refractivity contribution in [1.82, 2.24) is 15.2 Å². The van der Waals surface area contributed by atoms with Gasteiger partial charge in [-0.3, -0.25) is 4.90 Å². The molecule has 182 valence electrons. The zero-order valence-corrected chi connectivity index (χ0v) is 18.9. The van der Waals surface area contributed by atoms with Crippen LogP contribution in [0.2, 0.25) is 0 Å². The Balaban J connectivity index is 0.000000344. The highest BCUT2D eigenvalue weighted by molar-refractivity contribution is 5.88. The molecule has 1 aromatic heterocycles. The van der Waals surface area contributed by atoms with Crippen LogP contribution >= 0.6 is 0 Å². The minimum Gasteiger partial charge on any atom is -0.492 e. The second kappa shape index (κ2) is 9.68. The number of halogens is 3. The van der Waals surface area contributed by atoms with Gasteiger partial charge in [0, 0.05) is 42.8 Å². The van der Waals surface area contributed by atoms with E-state index < -0.39 is 12.1 Å². The average molecular weight is 476 g/mol. The molecular weight excluding hydrogens is 447 g/mol. The molecule has 1 fully saturated rings. The molecule has 9 heteroatoms. The maximum absolute atomic E-state index is 10.6. The van der Waals surface area contributed by atoms with Crippen molar-refractivity contribution in [2.75, 3.05) is 32.8 Å². The Hall–Kier alpha value is -3.04. The number of ether oxygens (including phenoxy) is 1. The van der Waals surface area contributed by atoms with Gasteiger partial charge in [0.05, 0.1) is 5.54 Å². The van der Waals surface area contributed by atoms with Gasteiger partial charge in [0.15, 0.2) is 0 Å². The second-order valence-electron chi connectivity index (χ2n) is 8.73. The lowest BCUT2D eigenvalue weighted by atomic mass is 9.86. The van der Waals surface area contributed by atoms with Crippen molar-refractivity contribution in [2.45, 2.75) is 31.5 Å². The van der Waals surface area contributed by atoms with Gasteiger partial charge in [-0.1, -0.05) is 36.4 Å². The number of aryl methyl sites for hydroxylation is 1. The first-order valence-electron chi connectivity index (χ1n) is 11.3. The molecule has 0 radical (unpaired) electrons. The Labute approximate surface area is 195 Å². The third-order valence-electron chi connectivity index (χ3n) is 6.48. The van der Waals surface area contributed by atoms with Crippen LogP contribution in [0.3, 0.4) is 0 Å². The lowest BCUT2D eigenvalue weighted by molar-refractivity contribution is -0.192. The molecule has 34 heavy (non-hydrogen) atoms. The van der Waals surface area contributed by atoms with E-state index in [9.17, 15) is 13.2 Å². The van der Waals surface area contributed by atoms with Crippen molar-refractivity contribution in [3.63, 3.8) is 0 Å². The predicted molar refractivity (Wildman–Crippen MR) is 123 cm³/mol. The first-order chi connectivity index (χ1) is 16.2. The summed E-state index contributed by atoms with van der Waals surface area (Å²) in [5, 5.41) is 12.4. The number of rotatable bonds is 4. The van der Waals surface area contributed by atoms with Gasteiger partial charge < -0.3 is 20.1 Å². The van der Waals surface area contributed by atoms with Crippen molar-refractivity contribution in [3.8, 4) is 5.75 Å². The van der Waals surface area contributed by atoms with Crippen LogP contribution in [0.4, 0.5) is 13.2 Å². The number of para-hydroxylation sites is 2. The molecule has 2 aliphatic rings. The normalized spacial score (nSPS) is 20.1. The number of alkyl halides is 3. The fourth-order valence-electron chi connectivity index (χ4n) is 4.84. The summed E-state index contributed by atoms with van der Waals surface area (Å²) in [5.41, 5.74) is 5.66. The fraction of sp³-hybridized carbons (Fsp3) is 0.400. The Morgan fingerprint density at radius 2 is 1.91 bits per heavy atom. The van der Waals surface area contributed by atoms with Gasteiger partial charge in [-0.2, -0.15) is 13.2 Å². The Morgan fingerprint density at radius 1 is 1.18 bits per heavy atom. The largest absolute Gasteiger partial charge is 0.492 e. The summed E-state index contributed by atoms with van der Waals surface area (Å²) >= 11 is 0. The number of hydrogen-bond acceptors (Lipinski definition) is 4. The minimum atomic E-state index is -5.08. The number of carbonyl (C=O) groups is 1. The summed E-state index contributed by atoms with van der Waals surface area (Å²) < 4.78 is 37.6. The highest BCUT2D eigenvalue weighted by Crippen LogP contribution is 2.39. The quantitative estimate of drug-likeness (QED) is 0.526. The maximum atomic E-state index is 10.6. The molecule has 0 bridgehead atoms. The number of H-pyrrole nitrogens is 1. The van der Waals surface area contributed by atoms with Gasteiger partial charge in [0.1, 0.15) is 12.4 Å². The molecule has 3 heterocycles. The van der Waals surface area contributed by atoms with Crippen molar-refractivity contribution in [1.29, 1.82) is 0 Å². The molecule has 1 unspecified atom stereocenters. The zero-order chi connectivity index (χ0) is 24.3. The van der Waals surface area contributed by atoms with Crippen LogP contribution in [-0.2, 0) is 16.8 Å². The van der Waals surface area contributed by atoms with Crippen LogP contribution in [0.1, 0.15) is 23.2 Å². The number of aliphatic carboxylic acids is 1. The first kappa shape index (κ1) is 24.1. The predicted octanol–water partition coefficient (Wildman–Crippen LogP) is 4.24. The van der Waals surface area contributed by atoms with Gasteiger partial charge in [-0.25, -0.2) is 4.79 Å². The van der Waals surface area contributed by atoms with Crippen LogP contribution < -0.4 is 10.1 Å². The van der Waals surface area contributed by atoms with E-state index in [-0.39, 0.29) is 5.54 Å². The highest BCUT2D eigenvalue weighted by atomic mass is 19.4. The summed E-state index contributed by atoms with van der Waals surface area (Å²) in [6.45, 7) is 7.11. The van der Waals surface area contributed by atoms with Crippen LogP contribution in [0.25, 0.3) is 10.9 Å². The molecule has 0 saturated carbocycles. The molecule has 1 atom stereocenters. The number of nitrogens with one attached hydrogen (secondary N) is 2. The standard InChI is InChI=1S/C23H27N3O.C2HF3O2/c1-17-6-5-9-19-20-10-12-24-23(22(20)25-21(17)19)11-13-26(16-23)14-15-27-18-7-3-2-4-8-18;3-2(4,5)1(6)7/h2-9,24-25H,10-16H2,1H3;(H,6,7). The van der Waals surface area contributed by atoms with Crippen LogP contribution in [-0.4, -0.2) is 59.9 Å². The number of carboxylic acid groups (broad SMARTS) is 1. The van der Waals surface area contributed by atoms with E-state index in [0.29, 0.717) is 0 Å². The average Bonchev–Trinajstić information content (AvgIpc) is 3.39. The van der Waals surface area contributed by atoms with Crippen LogP contribution in [0.5, 0.6) is 5.75 Å². The number of fused-ring (bicyclic) bond motifs is 4. The number of carboxylic acids is 1. The van der Waals surface area contributed by atoms with Gasteiger partial charge in [0.2, 0.25) is 0 Å². The molecule has 5 rings (SSSR count). The molecule has 1 spiro atoms. The molecule has 2 aliphatic heterocycles. The van der Waals surface area contributed by atoms with E-state index in [1.807, 2.05) is 30.3 Å². The molecule has 3 N–H and O–H groups in total. The fourth-order valence-corrected chi connectivity index (χ4v) is 4.84. The van der Waals surface area contributed by atoms with E-state index in [1.165, 1.54) is 27.7 Å². The molecule has 0 amide bonds. The third-order valence-corrected chi connectivity index (χ3v) is 6.48. The smallest absolute Gasteiger partial charge is 0.490 e. The molecule has 6 nitrogen and oxygen atoms in total. The zero-order valence-electron chi connectivity index (χ0n) is 18.9. The number of hydrogen-bond donors (Lipinski definition) is 3. The van der Waals surface area contributed by atoms with Crippen molar-refractivity contribution in [2.24, 2.45) is 0 Å². The van der Waals surface area contributed by atoms with E-state index >= 15 is 0 Å². The SMILES string of the molecule is Cc1cccc2c3c([nH]c12)C1(CCN(CCOc2ccccc2)C1)NCC3.O=C(O)C(F)(F)F. The second-order valence-corrected chi connectivity index (χ2v) is 8.73. The number of aromatic amines is 1. The summed E-state index contributed by atoms with van der Waals surface area (Å²) in [5.74, 6) is -1.80. The Kier molecular flexibility index (Phi) is 6.86. The monoisotopic (exact) mass is 475 g/mol. The third kappa shape index (κ3) is 5.05. The van der Waals surface area contributed by atoms with Gasteiger partial charge in [0.25, 0.3) is 0 Å². The molecule has 3 aromatic rings. The first-order valence-corrected chi connectivity index (χ1v) is 11.3. The molecule has 0 aliphatic carbocycles. The lowest BCUT2D eigenvalue weighted by Gasteiger charge is -2.35. The summed E-state index contributed by atoms with van der Waals surface area (Å²) in [4.78, 5) is 15.2. The van der Waals surface area contributed by atoms with E-state index in [2.05, 4.69) is 40.3 Å². The maximum Gasteiger partial charge on any atom is 0.490 e.